The largest absolute Gasteiger partial charge is 0.326 e. The predicted octanol–water partition coefficient (Wildman–Crippen LogP) is 4.85. The number of carbonyl (C=O) groups excluding carboxylic acids is 1. The SMILES string of the molecule is O=C(CCc1nc2ccccc2s1)Nc1cccc(-c2nnc3n2CCCCC3)c1. The van der Waals surface area contributed by atoms with E-state index in [1.165, 1.54) is 12.8 Å². The van der Waals surface area contributed by atoms with Gasteiger partial charge in [-0.2, -0.15) is 0 Å². The first-order chi connectivity index (χ1) is 14.8. The lowest BCUT2D eigenvalue weighted by Gasteiger charge is -2.09. The third-order valence-electron chi connectivity index (χ3n) is 5.42. The number of amides is 1. The summed E-state index contributed by atoms with van der Waals surface area (Å²) in [6, 6.07) is 15.9. The summed E-state index contributed by atoms with van der Waals surface area (Å²) in [5.41, 5.74) is 2.77. The van der Waals surface area contributed by atoms with Crippen LogP contribution in [0.25, 0.3) is 21.6 Å². The normalized spacial score (nSPS) is 13.7. The molecule has 0 unspecified atom stereocenters. The molecular weight excluding hydrogens is 394 g/mol. The topological polar surface area (TPSA) is 72.7 Å². The van der Waals surface area contributed by atoms with E-state index < -0.39 is 0 Å². The van der Waals surface area contributed by atoms with E-state index in [9.17, 15) is 4.79 Å². The van der Waals surface area contributed by atoms with Crippen LogP contribution in [0.5, 0.6) is 0 Å². The average molecular weight is 418 g/mol. The van der Waals surface area contributed by atoms with Crippen LogP contribution in [0, 0.1) is 0 Å². The van der Waals surface area contributed by atoms with Gasteiger partial charge in [0.05, 0.1) is 15.2 Å². The third-order valence-corrected chi connectivity index (χ3v) is 6.51. The summed E-state index contributed by atoms with van der Waals surface area (Å²) in [6.07, 6.45) is 5.58. The minimum Gasteiger partial charge on any atom is -0.326 e. The van der Waals surface area contributed by atoms with Gasteiger partial charge in [0.15, 0.2) is 5.82 Å². The van der Waals surface area contributed by atoms with E-state index in [0.29, 0.717) is 12.8 Å². The molecular formula is C23H23N5OS. The molecule has 3 heterocycles. The van der Waals surface area contributed by atoms with Gasteiger partial charge in [0.1, 0.15) is 5.82 Å². The van der Waals surface area contributed by atoms with Crippen LogP contribution >= 0.6 is 11.3 Å². The highest BCUT2D eigenvalue weighted by molar-refractivity contribution is 7.18. The molecule has 30 heavy (non-hydrogen) atoms. The molecule has 0 radical (unpaired) electrons. The van der Waals surface area contributed by atoms with Crippen molar-refractivity contribution in [2.75, 3.05) is 5.32 Å². The van der Waals surface area contributed by atoms with Crippen LogP contribution < -0.4 is 5.32 Å². The number of aromatic nitrogens is 4. The van der Waals surface area contributed by atoms with Crippen molar-refractivity contribution in [3.05, 3.63) is 59.4 Å². The fraction of sp³-hybridized carbons (Fsp3) is 0.304. The molecule has 2 aromatic heterocycles. The number of hydrogen-bond donors (Lipinski definition) is 1. The molecule has 152 valence electrons. The van der Waals surface area contributed by atoms with Crippen LogP contribution in [0.15, 0.2) is 48.5 Å². The molecule has 0 spiro atoms. The van der Waals surface area contributed by atoms with E-state index in [-0.39, 0.29) is 5.91 Å². The maximum Gasteiger partial charge on any atom is 0.224 e. The van der Waals surface area contributed by atoms with Gasteiger partial charge in [-0.3, -0.25) is 4.79 Å². The van der Waals surface area contributed by atoms with Crippen LogP contribution in [0.1, 0.15) is 36.5 Å². The molecule has 1 amide bonds. The maximum atomic E-state index is 12.5. The highest BCUT2D eigenvalue weighted by Crippen LogP contribution is 2.25. The van der Waals surface area contributed by atoms with E-state index in [4.69, 9.17) is 0 Å². The second-order valence-electron chi connectivity index (χ2n) is 7.61. The monoisotopic (exact) mass is 417 g/mol. The first-order valence-electron chi connectivity index (χ1n) is 10.4. The minimum absolute atomic E-state index is 0.00789. The molecule has 0 bridgehead atoms. The second kappa shape index (κ2) is 8.36. The lowest BCUT2D eigenvalue weighted by atomic mass is 10.1. The number of thiazole rings is 1. The summed E-state index contributed by atoms with van der Waals surface area (Å²) in [5, 5.41) is 12.8. The number of nitrogens with one attached hydrogen (secondary N) is 1. The second-order valence-corrected chi connectivity index (χ2v) is 8.72. The number of carbonyl (C=O) groups is 1. The molecule has 5 rings (SSSR count). The van der Waals surface area contributed by atoms with E-state index in [0.717, 1.165) is 57.5 Å². The fourth-order valence-electron chi connectivity index (χ4n) is 3.91. The highest BCUT2D eigenvalue weighted by Gasteiger charge is 2.16. The zero-order valence-electron chi connectivity index (χ0n) is 16.7. The summed E-state index contributed by atoms with van der Waals surface area (Å²) in [6.45, 7) is 0.955. The number of hydrogen-bond acceptors (Lipinski definition) is 5. The highest BCUT2D eigenvalue weighted by atomic mass is 32.1. The van der Waals surface area contributed by atoms with Crippen molar-refractivity contribution < 1.29 is 4.79 Å². The van der Waals surface area contributed by atoms with Crippen LogP contribution in [0.2, 0.25) is 0 Å². The van der Waals surface area contributed by atoms with Gasteiger partial charge in [-0.25, -0.2) is 4.98 Å². The molecule has 2 aromatic carbocycles. The fourth-order valence-corrected chi connectivity index (χ4v) is 4.87. The average Bonchev–Trinajstić information content (AvgIpc) is 3.29. The predicted molar refractivity (Wildman–Crippen MR) is 120 cm³/mol. The van der Waals surface area contributed by atoms with Crippen LogP contribution in [0.3, 0.4) is 0 Å². The van der Waals surface area contributed by atoms with Crippen molar-refractivity contribution in [1.29, 1.82) is 0 Å². The van der Waals surface area contributed by atoms with Crippen molar-refractivity contribution in [2.24, 2.45) is 0 Å². The van der Waals surface area contributed by atoms with Gasteiger partial charge in [-0.1, -0.05) is 30.7 Å². The van der Waals surface area contributed by atoms with Crippen LogP contribution in [-0.4, -0.2) is 25.7 Å². The van der Waals surface area contributed by atoms with Gasteiger partial charge < -0.3 is 9.88 Å². The number of rotatable bonds is 5. The first-order valence-corrected chi connectivity index (χ1v) is 11.2. The molecule has 0 saturated heterocycles. The Morgan fingerprint density at radius 1 is 1.07 bits per heavy atom. The van der Waals surface area contributed by atoms with E-state index in [1.807, 2.05) is 42.5 Å². The molecule has 7 heteroatoms. The molecule has 1 N–H and O–H groups in total. The summed E-state index contributed by atoms with van der Waals surface area (Å²) in [5.74, 6) is 1.94. The van der Waals surface area contributed by atoms with Gasteiger partial charge in [0.25, 0.3) is 0 Å². The third kappa shape index (κ3) is 3.98. The van der Waals surface area contributed by atoms with E-state index in [1.54, 1.807) is 11.3 Å². The first kappa shape index (κ1) is 18.9. The standard InChI is InChI=1S/C23H23N5OS/c29-21(12-13-22-25-18-9-3-4-10-19(18)30-22)24-17-8-6-7-16(15-17)23-27-26-20-11-2-1-5-14-28(20)23/h3-4,6-10,15H,1-2,5,11-14H2,(H,24,29). The Labute approximate surface area is 179 Å². The molecule has 0 atom stereocenters. The summed E-state index contributed by atoms with van der Waals surface area (Å²) in [7, 11) is 0. The van der Waals surface area contributed by atoms with Gasteiger partial charge in [-0.05, 0) is 37.1 Å². The maximum absolute atomic E-state index is 12.5. The number of para-hydroxylation sites is 1. The number of benzene rings is 2. The molecule has 6 nitrogen and oxygen atoms in total. The van der Waals surface area contributed by atoms with E-state index >= 15 is 0 Å². The smallest absolute Gasteiger partial charge is 0.224 e. The van der Waals surface area contributed by atoms with Gasteiger partial charge in [-0.15, -0.1) is 21.5 Å². The molecule has 0 fully saturated rings. The Kier molecular flexibility index (Phi) is 5.27. The quantitative estimate of drug-likeness (QED) is 0.504. The summed E-state index contributed by atoms with van der Waals surface area (Å²) >= 11 is 1.65. The molecule has 1 aliphatic heterocycles. The van der Waals surface area contributed by atoms with E-state index in [2.05, 4.69) is 31.1 Å². The minimum atomic E-state index is -0.00789. The van der Waals surface area contributed by atoms with Crippen LogP contribution in [-0.2, 0) is 24.2 Å². The van der Waals surface area contributed by atoms with Gasteiger partial charge in [0, 0.05) is 37.1 Å². The zero-order chi connectivity index (χ0) is 20.3. The number of aryl methyl sites for hydroxylation is 2. The van der Waals surface area contributed by atoms with Crippen molar-refractivity contribution in [2.45, 2.75) is 45.1 Å². The van der Waals surface area contributed by atoms with Crippen molar-refractivity contribution >= 4 is 33.1 Å². The number of fused-ring (bicyclic) bond motifs is 2. The molecule has 1 aliphatic rings. The Hall–Kier alpha value is -3.06. The molecule has 0 saturated carbocycles. The zero-order valence-corrected chi connectivity index (χ0v) is 17.5. The van der Waals surface area contributed by atoms with Crippen LogP contribution in [0.4, 0.5) is 5.69 Å². The molecule has 4 aromatic rings. The summed E-state index contributed by atoms with van der Waals surface area (Å²) in [4.78, 5) is 17.1. The summed E-state index contributed by atoms with van der Waals surface area (Å²) < 4.78 is 3.38. The van der Waals surface area contributed by atoms with Crippen molar-refractivity contribution in [3.63, 3.8) is 0 Å². The van der Waals surface area contributed by atoms with Crippen molar-refractivity contribution in [3.8, 4) is 11.4 Å². The number of anilines is 1. The lowest BCUT2D eigenvalue weighted by Crippen LogP contribution is -2.12. The lowest BCUT2D eigenvalue weighted by molar-refractivity contribution is -0.116. The Bertz CT molecular complexity index is 1160. The number of nitrogens with zero attached hydrogens (tertiary/aromatic N) is 4. The van der Waals surface area contributed by atoms with Gasteiger partial charge in [0.2, 0.25) is 5.91 Å². The Balaban J connectivity index is 1.26. The van der Waals surface area contributed by atoms with Crippen molar-refractivity contribution in [1.82, 2.24) is 19.7 Å². The van der Waals surface area contributed by atoms with Gasteiger partial charge >= 0.3 is 0 Å². The Morgan fingerprint density at radius 2 is 2.00 bits per heavy atom. The molecule has 0 aliphatic carbocycles. The Morgan fingerprint density at radius 3 is 2.93 bits per heavy atom.